The molecule has 0 saturated carbocycles. The number of aliphatic hydroxyl groups is 1. The van der Waals surface area contributed by atoms with Crippen LogP contribution >= 0.6 is 0 Å². The van der Waals surface area contributed by atoms with Gasteiger partial charge in [-0.25, -0.2) is 9.97 Å². The maximum absolute atomic E-state index is 8.07. The second-order valence-corrected chi connectivity index (χ2v) is 5.78. The number of anilines is 3. The molecule has 2 aromatic heterocycles. The molecule has 0 saturated heterocycles. The Labute approximate surface area is 154 Å². The maximum atomic E-state index is 8.07. The number of aryl methyl sites for hydroxylation is 1. The molecule has 3 aromatic rings. The molecule has 0 bridgehead atoms. The zero-order chi connectivity index (χ0) is 18.8. The van der Waals surface area contributed by atoms with Crippen molar-refractivity contribution in [3.63, 3.8) is 0 Å². The number of nitrogens with zero attached hydrogens (tertiary/aromatic N) is 3. The normalized spacial score (nSPS) is 9.96. The van der Waals surface area contributed by atoms with Gasteiger partial charge in [0.15, 0.2) is 0 Å². The molecule has 136 valence electrons. The second-order valence-electron chi connectivity index (χ2n) is 5.78. The van der Waals surface area contributed by atoms with Gasteiger partial charge in [-0.2, -0.15) is 0 Å². The molecule has 0 aliphatic heterocycles. The highest BCUT2D eigenvalue weighted by Gasteiger charge is 2.03. The van der Waals surface area contributed by atoms with Gasteiger partial charge in [0.1, 0.15) is 0 Å². The van der Waals surface area contributed by atoms with Crippen LogP contribution in [-0.4, -0.2) is 26.7 Å². The third-order valence-electron chi connectivity index (χ3n) is 3.66. The van der Waals surface area contributed by atoms with E-state index in [1.54, 1.807) is 18.6 Å². The number of aliphatic hydroxyl groups excluding tert-OH is 1. The lowest BCUT2D eigenvalue weighted by Gasteiger charge is -2.08. The smallest absolute Gasteiger partial charge is 0.227 e. The Morgan fingerprint density at radius 1 is 1.15 bits per heavy atom. The predicted octanol–water partition coefficient (Wildman–Crippen LogP) is 3.95. The average Bonchev–Trinajstić information content (AvgIpc) is 2.67. The molecule has 2 heterocycles. The van der Waals surface area contributed by atoms with Crippen LogP contribution in [0.25, 0.3) is 11.3 Å². The molecule has 0 radical (unpaired) electrons. The number of rotatable bonds is 5. The van der Waals surface area contributed by atoms with Crippen molar-refractivity contribution < 1.29 is 5.11 Å². The van der Waals surface area contributed by atoms with Crippen molar-refractivity contribution in [2.75, 3.05) is 17.7 Å². The van der Waals surface area contributed by atoms with Crippen LogP contribution in [0, 0.1) is 6.92 Å². The summed E-state index contributed by atoms with van der Waals surface area (Å²) in [5.41, 5.74) is 10.3. The second kappa shape index (κ2) is 10.1. The van der Waals surface area contributed by atoms with Crippen LogP contribution in [0.1, 0.15) is 25.3 Å². The number of hydrogen-bond acceptors (Lipinski definition) is 6. The van der Waals surface area contributed by atoms with E-state index < -0.39 is 0 Å². The number of pyridine rings is 1. The molecular weight excluding hydrogens is 331 g/mol. The van der Waals surface area contributed by atoms with Gasteiger partial charge in [-0.15, -0.1) is 0 Å². The number of hydrogen-bond donors (Lipinski definition) is 3. The first kappa shape index (κ1) is 19.3. The largest absolute Gasteiger partial charge is 0.398 e. The van der Waals surface area contributed by atoms with Crippen LogP contribution in [-0.2, 0) is 0 Å². The van der Waals surface area contributed by atoms with E-state index in [9.17, 15) is 0 Å². The minimum absolute atomic E-state index is 0.344. The SMILES string of the molecule is CCCCO.Cc1ccc(N[13c]2[15n]c[13cH][13c](-c3cccnc3)[15n]2)cc1N. The molecular formula is C20H25N5O. The summed E-state index contributed by atoms with van der Waals surface area (Å²) >= 11 is 0. The fourth-order valence-corrected chi connectivity index (χ4v) is 2.10. The molecule has 0 atom stereocenters. The van der Waals surface area contributed by atoms with E-state index in [1.165, 1.54) is 0 Å². The van der Waals surface area contributed by atoms with Crippen molar-refractivity contribution >= 4 is 17.3 Å². The van der Waals surface area contributed by atoms with Gasteiger partial charge in [0.05, 0.1) is 5.69 Å². The minimum atomic E-state index is 0.344. The zero-order valence-corrected chi connectivity index (χ0v) is 15.2. The topological polar surface area (TPSA) is 97.0 Å². The molecule has 0 fully saturated rings. The van der Waals surface area contributed by atoms with Crippen LogP contribution in [0.5, 0.6) is 0 Å². The molecule has 26 heavy (non-hydrogen) atoms. The zero-order valence-electron chi connectivity index (χ0n) is 15.2. The summed E-state index contributed by atoms with van der Waals surface area (Å²) in [5, 5.41) is 11.2. The van der Waals surface area contributed by atoms with Gasteiger partial charge in [0.2, 0.25) is 5.95 Å². The summed E-state index contributed by atoms with van der Waals surface area (Å²) in [6.07, 6.45) is 7.26. The van der Waals surface area contributed by atoms with E-state index in [1.807, 2.05) is 43.3 Å². The van der Waals surface area contributed by atoms with Crippen molar-refractivity contribution in [1.29, 1.82) is 0 Å². The predicted molar refractivity (Wildman–Crippen MR) is 106 cm³/mol. The summed E-state index contributed by atoms with van der Waals surface area (Å²) in [4.78, 5) is 12.8. The van der Waals surface area contributed by atoms with E-state index in [2.05, 4.69) is 27.2 Å². The van der Waals surface area contributed by atoms with E-state index in [0.29, 0.717) is 12.6 Å². The highest BCUT2D eigenvalue weighted by molar-refractivity contribution is 5.64. The summed E-state index contributed by atoms with van der Waals surface area (Å²) in [5.74, 6) is 0.527. The van der Waals surface area contributed by atoms with Gasteiger partial charge in [-0.3, -0.25) is 4.98 Å². The molecule has 3 rings (SSSR count). The monoisotopic (exact) mass is 356 g/mol. The van der Waals surface area contributed by atoms with Crippen LogP contribution in [0.4, 0.5) is 17.3 Å². The highest BCUT2D eigenvalue weighted by atomic mass is 16.2. The van der Waals surface area contributed by atoms with E-state index in [-0.39, 0.29) is 0 Å². The third kappa shape index (κ3) is 5.82. The van der Waals surface area contributed by atoms with Crippen LogP contribution in [0.3, 0.4) is 0 Å². The highest BCUT2D eigenvalue weighted by Crippen LogP contribution is 2.21. The molecule has 1 aromatic carbocycles. The first-order chi connectivity index (χ1) is 12.6. The van der Waals surface area contributed by atoms with Gasteiger partial charge >= 0.3 is 0 Å². The van der Waals surface area contributed by atoms with Gasteiger partial charge in [-0.1, -0.05) is 19.4 Å². The number of nitrogens with two attached hydrogens (primary N) is 1. The van der Waals surface area contributed by atoms with Crippen molar-refractivity contribution in [3.05, 3.63) is 60.6 Å². The summed E-state index contributed by atoms with van der Waals surface area (Å²) in [7, 11) is 0. The lowest BCUT2D eigenvalue weighted by Crippen LogP contribution is -1.99. The Morgan fingerprint density at radius 2 is 2.00 bits per heavy atom. The van der Waals surface area contributed by atoms with Crippen LogP contribution < -0.4 is 11.1 Å². The summed E-state index contributed by atoms with van der Waals surface area (Å²) < 4.78 is 0. The first-order valence-corrected chi connectivity index (χ1v) is 8.61. The minimum Gasteiger partial charge on any atom is -0.398 e. The molecule has 6 nitrogen and oxygen atoms in total. The van der Waals surface area contributed by atoms with E-state index >= 15 is 0 Å². The van der Waals surface area contributed by atoms with Crippen molar-refractivity contribution in [2.45, 2.75) is 26.7 Å². The van der Waals surface area contributed by atoms with Gasteiger partial charge in [-0.05, 0) is 49.2 Å². The van der Waals surface area contributed by atoms with E-state index in [4.69, 9.17) is 10.8 Å². The molecule has 0 unspecified atom stereocenters. The fourth-order valence-electron chi connectivity index (χ4n) is 2.10. The Kier molecular flexibility index (Phi) is 7.51. The molecule has 0 aliphatic rings. The number of benzene rings is 1. The Morgan fingerprint density at radius 3 is 2.62 bits per heavy atom. The Balaban J connectivity index is 0.000000431. The first-order valence-electron chi connectivity index (χ1n) is 8.61. The Bertz CT molecular complexity index is 806. The molecule has 6 heteroatoms. The van der Waals surface area contributed by atoms with Crippen LogP contribution in [0.15, 0.2) is 55.0 Å². The van der Waals surface area contributed by atoms with E-state index in [0.717, 1.165) is 41.0 Å². The van der Waals surface area contributed by atoms with Crippen LogP contribution in [0.2, 0.25) is 0 Å². The van der Waals surface area contributed by atoms with Gasteiger partial charge in [0, 0.05) is 42.1 Å². The molecule has 0 spiro atoms. The molecule has 4 N–H and O–H groups in total. The fraction of sp³-hybridized carbons (Fsp3) is 0.250. The number of nitrogens with one attached hydrogen (secondary N) is 1. The molecule has 0 aliphatic carbocycles. The molecule has 0 amide bonds. The van der Waals surface area contributed by atoms with Crippen molar-refractivity contribution in [1.82, 2.24) is 15.0 Å². The van der Waals surface area contributed by atoms with Gasteiger partial charge in [0.25, 0.3) is 0 Å². The number of aromatic nitrogens is 3. The lowest BCUT2D eigenvalue weighted by molar-refractivity contribution is 0.287. The quantitative estimate of drug-likeness (QED) is 0.599. The lowest BCUT2D eigenvalue weighted by atomic mass is 10.2. The standard InChI is InChI=1S/C16H15N5.C4H10O/c1-11-4-5-13(9-14(11)17)20-16-19-8-6-15(21-16)12-3-2-7-18-10-12;1-2-3-4-5/h2-10H,17H2,1H3,(H,19,20,21);5H,2-4H2,1H3/i6+1,15+1,16+1,19+1,21+1;. The summed E-state index contributed by atoms with van der Waals surface area (Å²) in [6.45, 7) is 4.37. The maximum Gasteiger partial charge on any atom is 0.227 e. The summed E-state index contributed by atoms with van der Waals surface area (Å²) in [6, 6.07) is 11.5. The van der Waals surface area contributed by atoms with Crippen molar-refractivity contribution in [2.24, 2.45) is 0 Å². The number of nitrogen functional groups attached to an aromatic ring is 1. The number of unbranched alkanes of at least 4 members (excludes halogenated alkanes) is 1. The van der Waals surface area contributed by atoms with Crippen molar-refractivity contribution in [3.8, 4) is 11.3 Å². The average molecular weight is 356 g/mol. The van der Waals surface area contributed by atoms with Gasteiger partial charge < -0.3 is 16.2 Å². The Hall–Kier alpha value is -2.99. The third-order valence-corrected chi connectivity index (χ3v) is 3.66.